The number of carbonyl (C=O) groups is 1. The van der Waals surface area contributed by atoms with Crippen molar-refractivity contribution in [2.75, 3.05) is 5.33 Å². The predicted molar refractivity (Wildman–Crippen MR) is 67.4 cm³/mol. The van der Waals surface area contributed by atoms with Crippen LogP contribution in [0.2, 0.25) is 0 Å². The number of aromatic nitrogens is 2. The predicted octanol–water partition coefficient (Wildman–Crippen LogP) is 2.54. The van der Waals surface area contributed by atoms with Crippen LogP contribution in [0.25, 0.3) is 0 Å². The minimum Gasteiger partial charge on any atom is -0.347 e. The summed E-state index contributed by atoms with van der Waals surface area (Å²) in [5.41, 5.74) is 0. The highest BCUT2D eigenvalue weighted by molar-refractivity contribution is 9.09. The SMILES string of the molecule is CCC(NC(=O)CCCCBr)c1ncc[nH]1. The molecule has 0 radical (unpaired) electrons. The summed E-state index contributed by atoms with van der Waals surface area (Å²) in [7, 11) is 0. The Bertz CT molecular complexity index is 300. The summed E-state index contributed by atoms with van der Waals surface area (Å²) in [6.45, 7) is 2.03. The molecule has 1 atom stereocenters. The fraction of sp³-hybridized carbons (Fsp3) is 0.636. The standard InChI is InChI=1S/C11H18BrN3O/c1-2-9(11-13-7-8-14-11)15-10(16)5-3-4-6-12/h7-9H,2-6H2,1H3,(H,13,14)(H,15,16). The van der Waals surface area contributed by atoms with Gasteiger partial charge in [0.15, 0.2) is 0 Å². The molecule has 0 fully saturated rings. The van der Waals surface area contributed by atoms with Crippen LogP contribution >= 0.6 is 15.9 Å². The number of amides is 1. The van der Waals surface area contributed by atoms with Gasteiger partial charge >= 0.3 is 0 Å². The molecule has 5 heteroatoms. The maximum atomic E-state index is 11.6. The number of hydrogen-bond donors (Lipinski definition) is 2. The third-order valence-electron chi connectivity index (χ3n) is 2.38. The summed E-state index contributed by atoms with van der Waals surface area (Å²) >= 11 is 3.35. The van der Waals surface area contributed by atoms with Gasteiger partial charge in [0.25, 0.3) is 0 Å². The molecule has 0 aliphatic carbocycles. The van der Waals surface area contributed by atoms with Gasteiger partial charge in [-0.2, -0.15) is 0 Å². The van der Waals surface area contributed by atoms with Gasteiger partial charge in [0.05, 0.1) is 6.04 Å². The molecule has 1 amide bonds. The van der Waals surface area contributed by atoms with Crippen molar-refractivity contribution in [3.63, 3.8) is 0 Å². The summed E-state index contributed by atoms with van der Waals surface area (Å²) < 4.78 is 0. The van der Waals surface area contributed by atoms with Crippen LogP contribution in [-0.2, 0) is 4.79 Å². The van der Waals surface area contributed by atoms with Crippen molar-refractivity contribution in [3.8, 4) is 0 Å². The average Bonchev–Trinajstić information content (AvgIpc) is 2.79. The highest BCUT2D eigenvalue weighted by atomic mass is 79.9. The highest BCUT2D eigenvalue weighted by Crippen LogP contribution is 2.11. The molecule has 0 aliphatic heterocycles. The molecule has 1 aromatic heterocycles. The second kappa shape index (κ2) is 7.44. The monoisotopic (exact) mass is 287 g/mol. The average molecular weight is 288 g/mol. The minimum atomic E-state index is 0.00599. The number of unbranched alkanes of at least 4 members (excludes halogenated alkanes) is 1. The van der Waals surface area contributed by atoms with Crippen molar-refractivity contribution in [1.29, 1.82) is 0 Å². The van der Waals surface area contributed by atoms with Crippen LogP contribution in [0.5, 0.6) is 0 Å². The number of alkyl halides is 1. The van der Waals surface area contributed by atoms with Crippen LogP contribution in [0.15, 0.2) is 12.4 Å². The molecule has 1 heterocycles. The molecule has 0 aromatic carbocycles. The lowest BCUT2D eigenvalue weighted by Crippen LogP contribution is -2.28. The Morgan fingerprint density at radius 3 is 3.00 bits per heavy atom. The number of imidazole rings is 1. The molecule has 16 heavy (non-hydrogen) atoms. The molecule has 0 aliphatic rings. The van der Waals surface area contributed by atoms with Crippen LogP contribution in [0.3, 0.4) is 0 Å². The van der Waals surface area contributed by atoms with Crippen LogP contribution in [-0.4, -0.2) is 21.2 Å². The molecule has 90 valence electrons. The van der Waals surface area contributed by atoms with E-state index in [1.54, 1.807) is 12.4 Å². The van der Waals surface area contributed by atoms with Gasteiger partial charge in [-0.05, 0) is 19.3 Å². The lowest BCUT2D eigenvalue weighted by molar-refractivity contribution is -0.122. The number of hydrogen-bond acceptors (Lipinski definition) is 2. The van der Waals surface area contributed by atoms with E-state index < -0.39 is 0 Å². The molecule has 2 N–H and O–H groups in total. The summed E-state index contributed by atoms with van der Waals surface area (Å²) in [5, 5.41) is 3.93. The molecule has 0 bridgehead atoms. The van der Waals surface area contributed by atoms with Crippen molar-refractivity contribution in [3.05, 3.63) is 18.2 Å². The van der Waals surface area contributed by atoms with E-state index in [1.807, 2.05) is 6.92 Å². The Hall–Kier alpha value is -0.840. The number of rotatable bonds is 7. The zero-order valence-corrected chi connectivity index (χ0v) is 11.1. The zero-order valence-electron chi connectivity index (χ0n) is 9.50. The first-order valence-electron chi connectivity index (χ1n) is 5.62. The Morgan fingerprint density at radius 2 is 2.44 bits per heavy atom. The molecule has 1 unspecified atom stereocenters. The quantitative estimate of drug-likeness (QED) is 0.598. The molecular weight excluding hydrogens is 270 g/mol. The number of halogens is 1. The summed E-state index contributed by atoms with van der Waals surface area (Å²) in [6, 6.07) is 0.00599. The van der Waals surface area contributed by atoms with E-state index in [1.165, 1.54) is 0 Å². The molecule has 0 saturated heterocycles. The van der Waals surface area contributed by atoms with E-state index in [4.69, 9.17) is 0 Å². The van der Waals surface area contributed by atoms with E-state index >= 15 is 0 Å². The van der Waals surface area contributed by atoms with E-state index in [0.717, 1.165) is 30.4 Å². The third-order valence-corrected chi connectivity index (χ3v) is 2.94. The molecular formula is C11H18BrN3O. The number of nitrogens with one attached hydrogen (secondary N) is 2. The topological polar surface area (TPSA) is 57.8 Å². The van der Waals surface area contributed by atoms with Crippen molar-refractivity contribution in [1.82, 2.24) is 15.3 Å². The first-order valence-corrected chi connectivity index (χ1v) is 6.74. The van der Waals surface area contributed by atoms with Crippen molar-refractivity contribution in [2.45, 2.75) is 38.6 Å². The second-order valence-corrected chi connectivity index (χ2v) is 4.44. The van der Waals surface area contributed by atoms with Crippen molar-refractivity contribution in [2.24, 2.45) is 0 Å². The van der Waals surface area contributed by atoms with E-state index in [-0.39, 0.29) is 11.9 Å². The Kier molecular flexibility index (Phi) is 6.15. The van der Waals surface area contributed by atoms with Crippen LogP contribution in [0, 0.1) is 0 Å². The molecule has 4 nitrogen and oxygen atoms in total. The van der Waals surface area contributed by atoms with Crippen LogP contribution in [0.1, 0.15) is 44.5 Å². The van der Waals surface area contributed by atoms with Gasteiger partial charge in [-0.15, -0.1) is 0 Å². The number of H-pyrrole nitrogens is 1. The van der Waals surface area contributed by atoms with E-state index in [2.05, 4.69) is 31.2 Å². The minimum absolute atomic E-state index is 0.00599. The van der Waals surface area contributed by atoms with Gasteiger partial charge in [-0.3, -0.25) is 4.79 Å². The lowest BCUT2D eigenvalue weighted by Gasteiger charge is -2.14. The molecule has 1 rings (SSSR count). The van der Waals surface area contributed by atoms with Gasteiger partial charge in [0.1, 0.15) is 5.82 Å². The maximum absolute atomic E-state index is 11.6. The van der Waals surface area contributed by atoms with Crippen molar-refractivity contribution >= 4 is 21.8 Å². The van der Waals surface area contributed by atoms with E-state index in [0.29, 0.717) is 6.42 Å². The fourth-order valence-corrected chi connectivity index (χ4v) is 1.87. The first-order chi connectivity index (χ1) is 7.77. The fourth-order valence-electron chi connectivity index (χ4n) is 1.48. The Morgan fingerprint density at radius 1 is 1.62 bits per heavy atom. The third kappa shape index (κ3) is 4.35. The number of aromatic amines is 1. The van der Waals surface area contributed by atoms with Crippen LogP contribution in [0.4, 0.5) is 0 Å². The summed E-state index contributed by atoms with van der Waals surface area (Å²) in [4.78, 5) is 18.8. The van der Waals surface area contributed by atoms with Gasteiger partial charge in [-0.25, -0.2) is 4.98 Å². The van der Waals surface area contributed by atoms with Crippen LogP contribution < -0.4 is 5.32 Å². The maximum Gasteiger partial charge on any atom is 0.220 e. The second-order valence-electron chi connectivity index (χ2n) is 3.65. The normalized spacial score (nSPS) is 12.4. The molecule has 0 spiro atoms. The number of carbonyl (C=O) groups excluding carboxylic acids is 1. The van der Waals surface area contributed by atoms with Crippen molar-refractivity contribution < 1.29 is 4.79 Å². The Balaban J connectivity index is 2.36. The first kappa shape index (κ1) is 13.2. The highest BCUT2D eigenvalue weighted by Gasteiger charge is 2.13. The number of nitrogens with zero attached hydrogens (tertiary/aromatic N) is 1. The van der Waals surface area contributed by atoms with E-state index in [9.17, 15) is 4.79 Å². The summed E-state index contributed by atoms with van der Waals surface area (Å²) in [6.07, 6.45) is 6.86. The Labute approximate surface area is 104 Å². The molecule has 1 aromatic rings. The molecule has 0 saturated carbocycles. The largest absolute Gasteiger partial charge is 0.347 e. The lowest BCUT2D eigenvalue weighted by atomic mass is 10.2. The zero-order chi connectivity index (χ0) is 11.8. The van der Waals surface area contributed by atoms with Gasteiger partial charge in [0.2, 0.25) is 5.91 Å². The van der Waals surface area contributed by atoms with Gasteiger partial charge < -0.3 is 10.3 Å². The summed E-state index contributed by atoms with van der Waals surface area (Å²) in [5.74, 6) is 0.931. The van der Waals surface area contributed by atoms with Gasteiger partial charge in [-0.1, -0.05) is 22.9 Å². The smallest absolute Gasteiger partial charge is 0.220 e. The van der Waals surface area contributed by atoms with Gasteiger partial charge in [0, 0.05) is 24.1 Å².